The normalized spacial score (nSPS) is 9.75. The summed E-state index contributed by atoms with van der Waals surface area (Å²) in [6.45, 7) is 4.65. The van der Waals surface area contributed by atoms with E-state index in [9.17, 15) is 10.0 Å². The van der Waals surface area contributed by atoms with Crippen LogP contribution in [0, 0.1) is 0 Å². The summed E-state index contributed by atoms with van der Waals surface area (Å²) in [6, 6.07) is 4.57. The number of hydrogen-bond donors (Lipinski definition) is 0. The fourth-order valence-electron chi connectivity index (χ4n) is 1.22. The Hall–Kier alpha value is -1.40. The van der Waals surface area contributed by atoms with Gasteiger partial charge in [0.1, 0.15) is 7.32 Å². The third-order valence-corrected chi connectivity index (χ3v) is 1.75. The molecule has 0 amide bonds. The fraction of sp³-hybridized carbons (Fsp3) is 0.400. The maximum absolute atomic E-state index is 10.3. The highest BCUT2D eigenvalue weighted by Gasteiger charge is 2.05. The molecule has 0 atom stereocenters. The molecule has 1 aromatic carbocycles. The molecular weight excluding hydrogens is 211 g/mol. The average Bonchev–Trinajstić information content (AvgIpc) is 2.21. The molecule has 0 radical (unpaired) electrons. The van der Waals surface area contributed by atoms with E-state index in [4.69, 9.17) is 9.47 Å². The van der Waals surface area contributed by atoms with E-state index >= 15 is 0 Å². The first-order valence-corrected chi connectivity index (χ1v) is 5.05. The lowest BCUT2D eigenvalue weighted by molar-refractivity contribution is -0.372. The molecule has 0 bridgehead atoms. The molecule has 0 unspecified atom stereocenters. The first-order chi connectivity index (χ1) is 7.67. The molecule has 6 heteroatoms. The van der Waals surface area contributed by atoms with Gasteiger partial charge in [-0.3, -0.25) is 0 Å². The number of rotatable bonds is 6. The fourth-order valence-corrected chi connectivity index (χ4v) is 1.22. The van der Waals surface area contributed by atoms with Gasteiger partial charge in [-0.2, -0.15) is 0 Å². The Bertz CT molecular complexity index is 329. The zero-order valence-electron chi connectivity index (χ0n) is 9.26. The van der Waals surface area contributed by atoms with Gasteiger partial charge in [0.2, 0.25) is 0 Å². The SMILES string of the molecule is CCOc1ccc(OB([O-])[O-])cc1OCC. The van der Waals surface area contributed by atoms with Crippen LogP contribution in [-0.4, -0.2) is 20.5 Å². The van der Waals surface area contributed by atoms with E-state index in [-0.39, 0.29) is 5.75 Å². The van der Waals surface area contributed by atoms with Gasteiger partial charge in [-0.05, 0) is 26.0 Å². The molecule has 88 valence electrons. The van der Waals surface area contributed by atoms with Crippen LogP contribution < -0.4 is 24.2 Å². The summed E-state index contributed by atoms with van der Waals surface area (Å²) >= 11 is 0. The van der Waals surface area contributed by atoms with E-state index in [1.807, 2.05) is 13.8 Å². The molecule has 0 aliphatic heterocycles. The van der Waals surface area contributed by atoms with E-state index in [1.54, 1.807) is 6.07 Å². The summed E-state index contributed by atoms with van der Waals surface area (Å²) in [5.74, 6) is 1.20. The predicted octanol–water partition coefficient (Wildman–Crippen LogP) is -0.432. The lowest BCUT2D eigenvalue weighted by atomic mass is 10.2. The molecule has 0 spiro atoms. The molecule has 0 aliphatic rings. The van der Waals surface area contributed by atoms with E-state index in [0.717, 1.165) is 0 Å². The van der Waals surface area contributed by atoms with Crippen molar-refractivity contribution in [3.8, 4) is 17.2 Å². The second-order valence-corrected chi connectivity index (χ2v) is 2.88. The smallest absolute Gasteiger partial charge is 0.164 e. The molecule has 0 heterocycles. The van der Waals surface area contributed by atoms with Crippen LogP contribution in [0.3, 0.4) is 0 Å². The van der Waals surface area contributed by atoms with Crippen molar-refractivity contribution < 1.29 is 24.2 Å². The molecule has 0 aliphatic carbocycles. The van der Waals surface area contributed by atoms with Crippen molar-refractivity contribution in [2.24, 2.45) is 0 Å². The minimum absolute atomic E-state index is 0.182. The van der Waals surface area contributed by atoms with Crippen LogP contribution in [0.4, 0.5) is 0 Å². The highest BCUT2D eigenvalue weighted by molar-refractivity contribution is 6.29. The molecule has 0 saturated heterocycles. The number of benzene rings is 1. The highest BCUT2D eigenvalue weighted by Crippen LogP contribution is 2.31. The Balaban J connectivity index is 2.87. The van der Waals surface area contributed by atoms with Crippen LogP contribution in [0.15, 0.2) is 18.2 Å². The molecule has 5 nitrogen and oxygen atoms in total. The zero-order valence-corrected chi connectivity index (χ0v) is 9.26. The number of ether oxygens (including phenoxy) is 2. The largest absolute Gasteiger partial charge is 0.860 e. The van der Waals surface area contributed by atoms with Gasteiger partial charge >= 0.3 is 0 Å². The van der Waals surface area contributed by atoms with Gasteiger partial charge in [0.25, 0.3) is 0 Å². The predicted molar refractivity (Wildman–Crippen MR) is 55.2 cm³/mol. The summed E-state index contributed by atoms with van der Waals surface area (Å²) in [5.41, 5.74) is 0. The van der Waals surface area contributed by atoms with Crippen molar-refractivity contribution >= 4 is 7.32 Å². The van der Waals surface area contributed by atoms with Crippen molar-refractivity contribution in [3.05, 3.63) is 18.2 Å². The van der Waals surface area contributed by atoms with E-state index in [1.165, 1.54) is 12.1 Å². The Morgan fingerprint density at radius 1 is 1.06 bits per heavy atom. The minimum atomic E-state index is -2.34. The summed E-state index contributed by atoms with van der Waals surface area (Å²) in [6.07, 6.45) is 0. The van der Waals surface area contributed by atoms with Crippen LogP contribution in [-0.2, 0) is 0 Å². The van der Waals surface area contributed by atoms with Gasteiger partial charge in [0.15, 0.2) is 11.5 Å². The molecular formula is C10H13BO5-2. The highest BCUT2D eigenvalue weighted by atomic mass is 16.6. The van der Waals surface area contributed by atoms with Gasteiger partial charge in [0.05, 0.1) is 19.0 Å². The number of hydrogen-bond acceptors (Lipinski definition) is 5. The Labute approximate surface area is 94.7 Å². The van der Waals surface area contributed by atoms with E-state index in [0.29, 0.717) is 24.7 Å². The average molecular weight is 224 g/mol. The van der Waals surface area contributed by atoms with Crippen LogP contribution in [0.2, 0.25) is 0 Å². The first kappa shape index (κ1) is 12.7. The van der Waals surface area contributed by atoms with Crippen LogP contribution in [0.5, 0.6) is 17.2 Å². The summed E-state index contributed by atoms with van der Waals surface area (Å²) in [4.78, 5) is 0. The summed E-state index contributed by atoms with van der Waals surface area (Å²) < 4.78 is 15.1. The molecule has 0 N–H and O–H groups in total. The molecule has 1 rings (SSSR count). The molecule has 0 fully saturated rings. The Morgan fingerprint density at radius 3 is 2.25 bits per heavy atom. The molecule has 16 heavy (non-hydrogen) atoms. The Kier molecular flexibility index (Phi) is 4.95. The van der Waals surface area contributed by atoms with Gasteiger partial charge in [-0.25, -0.2) is 0 Å². The summed E-state index contributed by atoms with van der Waals surface area (Å²) in [7, 11) is -2.34. The second kappa shape index (κ2) is 6.24. The van der Waals surface area contributed by atoms with Crippen molar-refractivity contribution in [1.82, 2.24) is 0 Å². The van der Waals surface area contributed by atoms with Crippen LogP contribution in [0.1, 0.15) is 13.8 Å². The standard InChI is InChI=1S/C10H13BO5/c1-3-14-9-6-5-8(16-11(12)13)7-10(9)15-4-2/h5-7H,3-4H2,1-2H3/q-2. The van der Waals surface area contributed by atoms with Gasteiger partial charge in [-0.1, -0.05) is 0 Å². The molecule has 1 aromatic rings. The topological polar surface area (TPSA) is 73.8 Å². The maximum atomic E-state index is 10.3. The third kappa shape index (κ3) is 3.64. The van der Waals surface area contributed by atoms with Crippen LogP contribution >= 0.6 is 0 Å². The van der Waals surface area contributed by atoms with Crippen molar-refractivity contribution in [3.63, 3.8) is 0 Å². The lowest BCUT2D eigenvalue weighted by Crippen LogP contribution is -2.50. The summed E-state index contributed by atoms with van der Waals surface area (Å²) in [5, 5.41) is 20.7. The first-order valence-electron chi connectivity index (χ1n) is 5.05. The third-order valence-electron chi connectivity index (χ3n) is 1.75. The van der Waals surface area contributed by atoms with E-state index in [2.05, 4.69) is 4.65 Å². The lowest BCUT2D eigenvalue weighted by Gasteiger charge is -2.27. The van der Waals surface area contributed by atoms with Crippen molar-refractivity contribution in [2.75, 3.05) is 13.2 Å². The van der Waals surface area contributed by atoms with Gasteiger partial charge in [0, 0.05) is 6.07 Å². The molecule has 0 saturated carbocycles. The van der Waals surface area contributed by atoms with Gasteiger partial charge in [-0.15, -0.1) is 0 Å². The molecule has 0 aromatic heterocycles. The quantitative estimate of drug-likeness (QED) is 0.613. The zero-order chi connectivity index (χ0) is 12.0. The maximum Gasteiger partial charge on any atom is 0.164 e. The van der Waals surface area contributed by atoms with Crippen LogP contribution in [0.25, 0.3) is 0 Å². The Morgan fingerprint density at radius 2 is 1.69 bits per heavy atom. The van der Waals surface area contributed by atoms with E-state index < -0.39 is 7.32 Å². The van der Waals surface area contributed by atoms with Crippen molar-refractivity contribution in [1.29, 1.82) is 0 Å². The monoisotopic (exact) mass is 224 g/mol. The second-order valence-electron chi connectivity index (χ2n) is 2.88. The van der Waals surface area contributed by atoms with Gasteiger partial charge < -0.3 is 24.2 Å². The minimum Gasteiger partial charge on any atom is -0.860 e. The van der Waals surface area contributed by atoms with Crippen molar-refractivity contribution in [2.45, 2.75) is 13.8 Å².